The Morgan fingerprint density at radius 2 is 2.13 bits per heavy atom. The molecule has 5 heteroatoms. The monoisotopic (exact) mass is 209 g/mol. The van der Waals surface area contributed by atoms with E-state index >= 15 is 0 Å². The van der Waals surface area contributed by atoms with Crippen molar-refractivity contribution in [2.45, 2.75) is 32.8 Å². The van der Waals surface area contributed by atoms with Crippen molar-refractivity contribution in [2.24, 2.45) is 0 Å². The first kappa shape index (κ1) is 11.8. The first-order valence-corrected chi connectivity index (χ1v) is 5.01. The van der Waals surface area contributed by atoms with Gasteiger partial charge in [-0.2, -0.15) is 0 Å². The molecule has 1 aliphatic heterocycles. The third kappa shape index (κ3) is 3.42. The number of ether oxygens (including phenoxy) is 1. The van der Waals surface area contributed by atoms with Crippen LogP contribution in [0.4, 0.5) is 4.79 Å². The lowest BCUT2D eigenvalue weighted by Gasteiger charge is -2.27. The normalized spacial score (nSPS) is 17.4. The Balaban J connectivity index is 2.66. The lowest BCUT2D eigenvalue weighted by atomic mass is 9.90. The Labute approximate surface area is 90.7 Å². The molecule has 1 rings (SSSR count). The molecule has 1 aliphatic rings. The molecule has 0 aromatic heterocycles. The standard InChI is InChI=1S/C10H16BNO3/c1-10(2,3)15-9(14)12-5-4-7(11)6-8(12)13/h6H,4-5,11H2,1-3H3. The Kier molecular flexibility index (Phi) is 3.22. The summed E-state index contributed by atoms with van der Waals surface area (Å²) in [5, 5.41) is 0. The molecule has 82 valence electrons. The SMILES string of the molecule is BC1=CC(=O)N(C(=O)OC(C)(C)C)CC1. The van der Waals surface area contributed by atoms with Crippen molar-refractivity contribution in [3.63, 3.8) is 0 Å². The molecule has 0 atom stereocenters. The Hall–Kier alpha value is -1.26. The largest absolute Gasteiger partial charge is 0.443 e. The van der Waals surface area contributed by atoms with Crippen LogP contribution >= 0.6 is 0 Å². The molecule has 0 fully saturated rings. The minimum absolute atomic E-state index is 0.284. The second-order valence-electron chi connectivity index (χ2n) is 4.71. The summed E-state index contributed by atoms with van der Waals surface area (Å²) in [5.74, 6) is -0.284. The Morgan fingerprint density at radius 1 is 1.53 bits per heavy atom. The van der Waals surface area contributed by atoms with Gasteiger partial charge in [0.2, 0.25) is 0 Å². The van der Waals surface area contributed by atoms with Crippen LogP contribution in [-0.2, 0) is 9.53 Å². The zero-order chi connectivity index (χ0) is 11.6. The van der Waals surface area contributed by atoms with Crippen LogP contribution in [0.15, 0.2) is 11.5 Å². The van der Waals surface area contributed by atoms with Gasteiger partial charge in [-0.25, -0.2) is 9.69 Å². The maximum Gasteiger partial charge on any atom is 0.417 e. The lowest BCUT2D eigenvalue weighted by molar-refractivity contribution is -0.125. The molecule has 0 aromatic rings. The fourth-order valence-electron chi connectivity index (χ4n) is 1.26. The summed E-state index contributed by atoms with van der Waals surface area (Å²) in [5.41, 5.74) is 0.438. The van der Waals surface area contributed by atoms with Crippen molar-refractivity contribution in [1.29, 1.82) is 0 Å². The summed E-state index contributed by atoms with van der Waals surface area (Å²) in [7, 11) is 1.88. The van der Waals surface area contributed by atoms with Crippen LogP contribution < -0.4 is 0 Å². The zero-order valence-electron chi connectivity index (χ0n) is 9.66. The quantitative estimate of drug-likeness (QED) is 0.551. The minimum atomic E-state index is -0.562. The molecule has 0 aliphatic carbocycles. The number of imide groups is 1. The van der Waals surface area contributed by atoms with Gasteiger partial charge in [-0.3, -0.25) is 4.79 Å². The van der Waals surface area contributed by atoms with Crippen LogP contribution in [0.1, 0.15) is 27.2 Å². The maximum atomic E-state index is 11.6. The second kappa shape index (κ2) is 4.09. The average molecular weight is 209 g/mol. The van der Waals surface area contributed by atoms with Gasteiger partial charge in [-0.15, -0.1) is 5.47 Å². The zero-order valence-corrected chi connectivity index (χ0v) is 9.66. The lowest BCUT2D eigenvalue weighted by Crippen LogP contribution is -2.42. The first-order chi connectivity index (χ1) is 6.79. The molecule has 0 aromatic carbocycles. The van der Waals surface area contributed by atoms with E-state index < -0.39 is 11.7 Å². The first-order valence-electron chi connectivity index (χ1n) is 5.01. The molecule has 0 spiro atoms. The third-order valence-corrected chi connectivity index (χ3v) is 1.98. The molecule has 15 heavy (non-hydrogen) atoms. The van der Waals surface area contributed by atoms with Crippen LogP contribution in [0.3, 0.4) is 0 Å². The molecule has 1 heterocycles. The molecule has 0 radical (unpaired) electrons. The van der Waals surface area contributed by atoms with Crippen molar-refractivity contribution in [3.8, 4) is 0 Å². The summed E-state index contributed by atoms with van der Waals surface area (Å²) < 4.78 is 5.12. The van der Waals surface area contributed by atoms with Crippen molar-refractivity contribution in [1.82, 2.24) is 4.90 Å². The Bertz CT molecular complexity index is 317. The number of hydrogen-bond donors (Lipinski definition) is 0. The number of carbonyl (C=O) groups excluding carboxylic acids is 2. The summed E-state index contributed by atoms with van der Waals surface area (Å²) >= 11 is 0. The van der Waals surface area contributed by atoms with E-state index in [1.54, 1.807) is 20.8 Å². The summed E-state index contributed by atoms with van der Waals surface area (Å²) in [4.78, 5) is 24.2. The molecule has 0 saturated carbocycles. The number of nitrogens with zero attached hydrogens (tertiary/aromatic N) is 1. The number of rotatable bonds is 0. The van der Waals surface area contributed by atoms with Crippen LogP contribution in [0.25, 0.3) is 0 Å². The van der Waals surface area contributed by atoms with E-state index in [-0.39, 0.29) is 5.91 Å². The predicted molar refractivity (Wildman–Crippen MR) is 59.2 cm³/mol. The van der Waals surface area contributed by atoms with E-state index in [0.29, 0.717) is 6.54 Å². The van der Waals surface area contributed by atoms with Crippen molar-refractivity contribution in [2.75, 3.05) is 6.54 Å². The van der Waals surface area contributed by atoms with E-state index in [1.165, 1.54) is 6.08 Å². The van der Waals surface area contributed by atoms with Crippen LogP contribution in [0, 0.1) is 0 Å². The molecule has 0 N–H and O–H groups in total. The molecular weight excluding hydrogens is 193 g/mol. The van der Waals surface area contributed by atoms with Crippen molar-refractivity contribution in [3.05, 3.63) is 11.5 Å². The van der Waals surface area contributed by atoms with Gasteiger partial charge in [-0.05, 0) is 33.3 Å². The van der Waals surface area contributed by atoms with Crippen LogP contribution in [0.2, 0.25) is 0 Å². The number of amides is 2. The average Bonchev–Trinajstić information content (AvgIpc) is 1.99. The summed E-state index contributed by atoms with van der Waals surface area (Å²) in [6.45, 7) is 5.75. The summed E-state index contributed by atoms with van der Waals surface area (Å²) in [6, 6.07) is 0. The number of carbonyl (C=O) groups is 2. The number of hydrogen-bond acceptors (Lipinski definition) is 3. The van der Waals surface area contributed by atoms with Crippen LogP contribution in [0.5, 0.6) is 0 Å². The third-order valence-electron chi connectivity index (χ3n) is 1.98. The second-order valence-corrected chi connectivity index (χ2v) is 4.71. The van der Waals surface area contributed by atoms with E-state index in [2.05, 4.69) is 0 Å². The van der Waals surface area contributed by atoms with Crippen molar-refractivity contribution < 1.29 is 14.3 Å². The van der Waals surface area contributed by atoms with Gasteiger partial charge >= 0.3 is 6.09 Å². The highest BCUT2D eigenvalue weighted by Gasteiger charge is 2.27. The fraction of sp³-hybridized carbons (Fsp3) is 0.600. The molecule has 0 unspecified atom stereocenters. The van der Waals surface area contributed by atoms with Crippen LogP contribution in [-0.4, -0.2) is 36.9 Å². The molecular formula is C10H16BNO3. The van der Waals surface area contributed by atoms with Gasteiger partial charge in [0.05, 0.1) is 0 Å². The highest BCUT2D eigenvalue weighted by Crippen LogP contribution is 2.14. The van der Waals surface area contributed by atoms with Gasteiger partial charge < -0.3 is 4.74 Å². The minimum Gasteiger partial charge on any atom is -0.443 e. The Morgan fingerprint density at radius 3 is 2.60 bits per heavy atom. The topological polar surface area (TPSA) is 46.6 Å². The summed E-state index contributed by atoms with van der Waals surface area (Å²) in [6.07, 6.45) is 1.65. The van der Waals surface area contributed by atoms with E-state index in [9.17, 15) is 9.59 Å². The molecule has 4 nitrogen and oxygen atoms in total. The molecule has 0 saturated heterocycles. The van der Waals surface area contributed by atoms with E-state index in [1.807, 2.05) is 7.85 Å². The molecule has 0 bridgehead atoms. The van der Waals surface area contributed by atoms with Gasteiger partial charge in [0.25, 0.3) is 5.91 Å². The van der Waals surface area contributed by atoms with Crippen molar-refractivity contribution >= 4 is 19.8 Å². The predicted octanol–water partition coefficient (Wildman–Crippen LogP) is 0.671. The highest BCUT2D eigenvalue weighted by atomic mass is 16.6. The van der Waals surface area contributed by atoms with Gasteiger partial charge in [0.15, 0.2) is 0 Å². The molecule has 2 amide bonds. The van der Waals surface area contributed by atoms with Gasteiger partial charge in [0, 0.05) is 6.54 Å². The maximum absolute atomic E-state index is 11.6. The fourth-order valence-corrected chi connectivity index (χ4v) is 1.26. The van der Waals surface area contributed by atoms with Gasteiger partial charge in [-0.1, -0.05) is 0 Å². The highest BCUT2D eigenvalue weighted by molar-refractivity contribution is 6.24. The van der Waals surface area contributed by atoms with E-state index in [0.717, 1.165) is 16.8 Å². The smallest absolute Gasteiger partial charge is 0.417 e. The van der Waals surface area contributed by atoms with E-state index in [4.69, 9.17) is 4.74 Å². The van der Waals surface area contributed by atoms with Gasteiger partial charge in [0.1, 0.15) is 13.4 Å².